The summed E-state index contributed by atoms with van der Waals surface area (Å²) in [5.41, 5.74) is 4.17. The molecule has 0 aliphatic rings. The lowest BCUT2D eigenvalue weighted by atomic mass is 9.91. The summed E-state index contributed by atoms with van der Waals surface area (Å²) in [6, 6.07) is 29.9. The first-order valence-electron chi connectivity index (χ1n) is 13.4. The van der Waals surface area contributed by atoms with Crippen molar-refractivity contribution in [2.75, 3.05) is 6.61 Å². The van der Waals surface area contributed by atoms with Crippen LogP contribution in [0.5, 0.6) is 0 Å². The van der Waals surface area contributed by atoms with Gasteiger partial charge in [0.2, 0.25) is 0 Å². The normalized spacial score (nSPS) is 11.5. The van der Waals surface area contributed by atoms with Crippen LogP contribution in [0.25, 0.3) is 11.1 Å². The van der Waals surface area contributed by atoms with E-state index in [1.165, 1.54) is 36.4 Å². The minimum atomic E-state index is -1.14. The largest absolute Gasteiger partial charge is 0.481 e. The molecule has 0 radical (unpaired) electrons. The fraction of sp³-hybridized carbons (Fsp3) is 0.114. The van der Waals surface area contributed by atoms with Crippen molar-refractivity contribution in [3.05, 3.63) is 155 Å². The zero-order valence-electron chi connectivity index (χ0n) is 23.4. The SMILES string of the molecule is CCOC(=O)C(CC(=O)O)=C(c1ccccc1)c1ccc(F)cc1.O=C(O)CC=C(c1ccccc1)c1ccc(F)cc1. The van der Waals surface area contributed by atoms with Crippen molar-refractivity contribution in [1.82, 2.24) is 0 Å². The van der Waals surface area contributed by atoms with Gasteiger partial charge in [0.1, 0.15) is 11.6 Å². The van der Waals surface area contributed by atoms with E-state index in [0.717, 1.165) is 16.7 Å². The number of esters is 1. The second-order valence-electron chi connectivity index (χ2n) is 9.11. The monoisotopic (exact) mass is 584 g/mol. The summed E-state index contributed by atoms with van der Waals surface area (Å²) in [6.07, 6.45) is 1.09. The van der Waals surface area contributed by atoms with E-state index < -0.39 is 30.1 Å². The van der Waals surface area contributed by atoms with Gasteiger partial charge in [-0.1, -0.05) is 91.0 Å². The Bertz CT molecular complexity index is 1580. The van der Waals surface area contributed by atoms with Crippen LogP contribution in [0.3, 0.4) is 0 Å². The lowest BCUT2D eigenvalue weighted by molar-refractivity contribution is -0.142. The third-order valence-electron chi connectivity index (χ3n) is 6.07. The summed E-state index contributed by atoms with van der Waals surface area (Å²) in [7, 11) is 0. The highest BCUT2D eigenvalue weighted by Gasteiger charge is 2.22. The maximum Gasteiger partial charge on any atom is 0.335 e. The molecule has 0 aliphatic heterocycles. The topological polar surface area (TPSA) is 101 Å². The summed E-state index contributed by atoms with van der Waals surface area (Å²) in [6.45, 7) is 1.78. The number of aliphatic carboxylic acids is 2. The van der Waals surface area contributed by atoms with Gasteiger partial charge in [-0.2, -0.15) is 0 Å². The fourth-order valence-electron chi connectivity index (χ4n) is 4.21. The Morgan fingerprint density at radius 3 is 1.56 bits per heavy atom. The highest BCUT2D eigenvalue weighted by atomic mass is 19.1. The Kier molecular flexibility index (Phi) is 12.1. The molecule has 0 atom stereocenters. The van der Waals surface area contributed by atoms with Gasteiger partial charge in [-0.05, 0) is 64.6 Å². The van der Waals surface area contributed by atoms with E-state index in [9.17, 15) is 28.3 Å². The van der Waals surface area contributed by atoms with E-state index >= 15 is 0 Å². The van der Waals surface area contributed by atoms with Crippen LogP contribution < -0.4 is 0 Å². The van der Waals surface area contributed by atoms with E-state index in [1.54, 1.807) is 49.4 Å². The van der Waals surface area contributed by atoms with E-state index in [4.69, 9.17) is 9.84 Å². The molecule has 6 nitrogen and oxygen atoms in total. The first-order chi connectivity index (χ1) is 20.7. The van der Waals surface area contributed by atoms with Crippen LogP contribution >= 0.6 is 0 Å². The van der Waals surface area contributed by atoms with Crippen LogP contribution in [0.15, 0.2) is 121 Å². The number of carboxylic acids is 2. The Hall–Kier alpha value is -5.37. The smallest absolute Gasteiger partial charge is 0.335 e. The zero-order chi connectivity index (χ0) is 31.2. The van der Waals surface area contributed by atoms with E-state index in [0.29, 0.717) is 16.7 Å². The summed E-state index contributed by atoms with van der Waals surface area (Å²) >= 11 is 0. The third-order valence-corrected chi connectivity index (χ3v) is 6.07. The van der Waals surface area contributed by atoms with Gasteiger partial charge >= 0.3 is 17.9 Å². The number of halogens is 2. The maximum atomic E-state index is 13.2. The van der Waals surface area contributed by atoms with Gasteiger partial charge in [-0.15, -0.1) is 0 Å². The summed E-state index contributed by atoms with van der Waals surface area (Å²) in [4.78, 5) is 34.3. The van der Waals surface area contributed by atoms with E-state index in [-0.39, 0.29) is 24.4 Å². The van der Waals surface area contributed by atoms with E-state index in [1.807, 2.05) is 36.4 Å². The minimum absolute atomic E-state index is 0.0298. The van der Waals surface area contributed by atoms with Crippen LogP contribution in [0, 0.1) is 11.6 Å². The van der Waals surface area contributed by atoms with Crippen LogP contribution in [0.1, 0.15) is 42.0 Å². The fourth-order valence-corrected chi connectivity index (χ4v) is 4.21. The van der Waals surface area contributed by atoms with Gasteiger partial charge in [0.25, 0.3) is 0 Å². The minimum Gasteiger partial charge on any atom is -0.481 e. The van der Waals surface area contributed by atoms with Gasteiger partial charge < -0.3 is 14.9 Å². The van der Waals surface area contributed by atoms with Gasteiger partial charge in [0.15, 0.2) is 0 Å². The molecular weight excluding hydrogens is 554 g/mol. The molecule has 220 valence electrons. The predicted molar refractivity (Wildman–Crippen MR) is 160 cm³/mol. The highest BCUT2D eigenvalue weighted by Crippen LogP contribution is 2.30. The number of carbonyl (C=O) groups is 3. The summed E-state index contributed by atoms with van der Waals surface area (Å²) in [5.74, 6) is -3.45. The Labute approximate surface area is 248 Å². The molecule has 0 aliphatic carbocycles. The van der Waals surface area contributed by atoms with Crippen LogP contribution in [-0.4, -0.2) is 34.7 Å². The van der Waals surface area contributed by atoms with Crippen LogP contribution in [0.2, 0.25) is 0 Å². The van der Waals surface area contributed by atoms with Crippen molar-refractivity contribution in [1.29, 1.82) is 0 Å². The average molecular weight is 585 g/mol. The highest BCUT2D eigenvalue weighted by molar-refractivity contribution is 6.04. The lowest BCUT2D eigenvalue weighted by Crippen LogP contribution is -2.14. The first-order valence-corrected chi connectivity index (χ1v) is 13.4. The number of hydrogen-bond donors (Lipinski definition) is 2. The number of benzene rings is 4. The summed E-state index contributed by atoms with van der Waals surface area (Å²) in [5, 5.41) is 18.0. The van der Waals surface area contributed by atoms with E-state index in [2.05, 4.69) is 0 Å². The van der Waals surface area contributed by atoms with Crippen molar-refractivity contribution in [2.45, 2.75) is 19.8 Å². The molecule has 0 spiro atoms. The zero-order valence-corrected chi connectivity index (χ0v) is 23.4. The summed E-state index contributed by atoms with van der Waals surface area (Å²) < 4.78 is 31.2. The molecule has 4 rings (SSSR count). The molecular formula is C35H30F2O6. The maximum absolute atomic E-state index is 13.2. The van der Waals surface area contributed by atoms with Crippen molar-refractivity contribution >= 4 is 29.1 Å². The molecule has 0 aromatic heterocycles. The molecule has 0 heterocycles. The van der Waals surface area contributed by atoms with Gasteiger partial charge in [0, 0.05) is 0 Å². The number of carboxylic acid groups (broad SMARTS) is 2. The average Bonchev–Trinajstić information content (AvgIpc) is 3.00. The van der Waals surface area contributed by atoms with Crippen molar-refractivity contribution in [3.8, 4) is 0 Å². The Morgan fingerprint density at radius 2 is 1.09 bits per heavy atom. The van der Waals surface area contributed by atoms with Gasteiger partial charge in [-0.25, -0.2) is 13.6 Å². The molecule has 0 amide bonds. The van der Waals surface area contributed by atoms with Gasteiger partial charge in [0.05, 0.1) is 25.0 Å². The second-order valence-corrected chi connectivity index (χ2v) is 9.11. The van der Waals surface area contributed by atoms with Crippen molar-refractivity contribution in [2.24, 2.45) is 0 Å². The Balaban J connectivity index is 0.000000242. The molecule has 4 aromatic carbocycles. The Morgan fingerprint density at radius 1 is 0.651 bits per heavy atom. The molecule has 0 saturated carbocycles. The van der Waals surface area contributed by atoms with Crippen LogP contribution in [0.4, 0.5) is 8.78 Å². The third kappa shape index (κ3) is 9.89. The van der Waals surface area contributed by atoms with Crippen LogP contribution in [-0.2, 0) is 19.1 Å². The second kappa shape index (κ2) is 16.2. The van der Waals surface area contributed by atoms with Crippen molar-refractivity contribution < 1.29 is 38.1 Å². The molecule has 2 N–H and O–H groups in total. The number of rotatable bonds is 10. The molecule has 0 bridgehead atoms. The molecule has 0 fully saturated rings. The molecule has 0 unspecified atom stereocenters. The standard InChI is InChI=1S/C19H17FO4.C16H13FO2/c1-2-24-19(23)16(12-17(21)22)18(13-6-4-3-5-7-13)14-8-10-15(20)11-9-14;17-14-8-6-13(7-9-14)15(10-11-16(18)19)12-4-2-1-3-5-12/h3-11H,2,12H2,1H3,(H,21,22);1-10H,11H2,(H,18,19). The molecule has 0 saturated heterocycles. The predicted octanol–water partition coefficient (Wildman–Crippen LogP) is 7.40. The first kappa shape index (κ1) is 32.1. The molecule has 8 heteroatoms. The quantitative estimate of drug-likeness (QED) is 0.149. The lowest BCUT2D eigenvalue weighted by Gasteiger charge is -2.14. The number of hydrogen-bond acceptors (Lipinski definition) is 4. The molecule has 43 heavy (non-hydrogen) atoms. The number of carbonyl (C=O) groups excluding carboxylic acids is 1. The molecule has 4 aromatic rings. The van der Waals surface area contributed by atoms with Gasteiger partial charge in [-0.3, -0.25) is 9.59 Å². The number of ether oxygens (including phenoxy) is 1. The van der Waals surface area contributed by atoms with Crippen molar-refractivity contribution in [3.63, 3.8) is 0 Å².